The highest BCUT2D eigenvalue weighted by Crippen LogP contribution is 2.37. The van der Waals surface area contributed by atoms with Gasteiger partial charge in [-0.2, -0.15) is 13.2 Å². The van der Waals surface area contributed by atoms with Crippen LogP contribution >= 0.6 is 0 Å². The Balaban J connectivity index is 1.82. The first-order valence-electron chi connectivity index (χ1n) is 8.70. The third-order valence-corrected chi connectivity index (χ3v) is 5.02. The van der Waals surface area contributed by atoms with Crippen LogP contribution in [-0.2, 0) is 15.5 Å². The van der Waals surface area contributed by atoms with E-state index in [9.17, 15) is 13.2 Å². The van der Waals surface area contributed by atoms with Gasteiger partial charge in [-0.3, -0.25) is 0 Å². The van der Waals surface area contributed by atoms with Gasteiger partial charge in [-0.25, -0.2) is 0 Å². The Morgan fingerprint density at radius 3 is 1.93 bits per heavy atom. The van der Waals surface area contributed by atoms with Gasteiger partial charge in [0.1, 0.15) is 11.5 Å². The first-order chi connectivity index (χ1) is 12.4. The van der Waals surface area contributed by atoms with Crippen LogP contribution in [0.15, 0.2) is 42.5 Å². The van der Waals surface area contributed by atoms with Gasteiger partial charge in [-0.05, 0) is 82.0 Å². The highest BCUT2D eigenvalue weighted by molar-refractivity contribution is 6.62. The minimum Gasteiger partial charge on any atom is -0.457 e. The quantitative estimate of drug-likeness (QED) is 0.696. The molecule has 0 unspecified atom stereocenters. The van der Waals surface area contributed by atoms with Crippen molar-refractivity contribution in [2.24, 2.45) is 0 Å². The molecule has 0 N–H and O–H groups in total. The number of hydrogen-bond donors (Lipinski definition) is 0. The molecule has 7 heteroatoms. The standard InChI is InChI=1S/C20H22BF3O3/c1-13-10-15(21-26-18(2,3)19(4,5)27-21)12-17(11-13)25-16-8-6-14(7-9-16)20(22,23)24/h6-12H,1-5H3. The van der Waals surface area contributed by atoms with Gasteiger partial charge < -0.3 is 14.0 Å². The number of alkyl halides is 3. The summed E-state index contributed by atoms with van der Waals surface area (Å²) in [5, 5.41) is 0. The minimum atomic E-state index is -4.37. The Hall–Kier alpha value is -1.99. The lowest BCUT2D eigenvalue weighted by atomic mass is 9.78. The molecule has 0 radical (unpaired) electrons. The zero-order valence-electron chi connectivity index (χ0n) is 16.0. The normalized spacial score (nSPS) is 18.6. The van der Waals surface area contributed by atoms with Crippen LogP contribution in [0.2, 0.25) is 0 Å². The van der Waals surface area contributed by atoms with Gasteiger partial charge in [-0.15, -0.1) is 0 Å². The van der Waals surface area contributed by atoms with Crippen molar-refractivity contribution >= 4 is 12.6 Å². The van der Waals surface area contributed by atoms with E-state index in [0.717, 1.165) is 23.2 Å². The van der Waals surface area contributed by atoms with E-state index in [1.807, 2.05) is 46.8 Å². The predicted molar refractivity (Wildman–Crippen MR) is 98.4 cm³/mol. The van der Waals surface area contributed by atoms with Crippen molar-refractivity contribution in [2.45, 2.75) is 52.0 Å². The van der Waals surface area contributed by atoms with E-state index < -0.39 is 30.1 Å². The monoisotopic (exact) mass is 378 g/mol. The van der Waals surface area contributed by atoms with E-state index in [4.69, 9.17) is 14.0 Å². The molecule has 0 spiro atoms. The molecular formula is C20H22BF3O3. The van der Waals surface area contributed by atoms with Crippen molar-refractivity contribution in [3.8, 4) is 11.5 Å². The van der Waals surface area contributed by atoms with Crippen LogP contribution in [0.3, 0.4) is 0 Å². The SMILES string of the molecule is Cc1cc(Oc2ccc(C(F)(F)F)cc2)cc(B2OC(C)(C)C(C)(C)O2)c1. The Morgan fingerprint density at radius 2 is 1.41 bits per heavy atom. The van der Waals surface area contributed by atoms with Crippen molar-refractivity contribution < 1.29 is 27.2 Å². The molecule has 0 aliphatic carbocycles. The summed E-state index contributed by atoms with van der Waals surface area (Å²) < 4.78 is 55.9. The van der Waals surface area contributed by atoms with Crippen molar-refractivity contribution in [3.05, 3.63) is 53.6 Å². The number of benzene rings is 2. The topological polar surface area (TPSA) is 27.7 Å². The number of aryl methyl sites for hydroxylation is 1. The molecule has 2 aromatic rings. The summed E-state index contributed by atoms with van der Waals surface area (Å²) in [7, 11) is -0.537. The largest absolute Gasteiger partial charge is 0.494 e. The van der Waals surface area contributed by atoms with Crippen molar-refractivity contribution in [2.75, 3.05) is 0 Å². The van der Waals surface area contributed by atoms with E-state index in [1.54, 1.807) is 6.07 Å². The summed E-state index contributed by atoms with van der Waals surface area (Å²) in [6, 6.07) is 10.2. The van der Waals surface area contributed by atoms with Gasteiger partial charge in [0.15, 0.2) is 0 Å². The van der Waals surface area contributed by atoms with Gasteiger partial charge in [0.05, 0.1) is 16.8 Å². The lowest BCUT2D eigenvalue weighted by molar-refractivity contribution is -0.137. The van der Waals surface area contributed by atoms with Crippen LogP contribution in [0.25, 0.3) is 0 Å². The molecule has 27 heavy (non-hydrogen) atoms. The number of halogens is 3. The van der Waals surface area contributed by atoms with Crippen LogP contribution in [0.4, 0.5) is 13.2 Å². The van der Waals surface area contributed by atoms with Crippen LogP contribution in [0.1, 0.15) is 38.8 Å². The van der Waals surface area contributed by atoms with Crippen molar-refractivity contribution in [1.29, 1.82) is 0 Å². The van der Waals surface area contributed by atoms with Gasteiger partial charge in [0.25, 0.3) is 0 Å². The number of rotatable bonds is 3. The molecule has 2 aromatic carbocycles. The fourth-order valence-corrected chi connectivity index (χ4v) is 2.80. The van der Waals surface area contributed by atoms with E-state index in [-0.39, 0.29) is 0 Å². The third kappa shape index (κ3) is 4.14. The highest BCUT2D eigenvalue weighted by atomic mass is 19.4. The van der Waals surface area contributed by atoms with E-state index in [2.05, 4.69) is 0 Å². The molecule has 1 heterocycles. The van der Waals surface area contributed by atoms with Gasteiger partial charge in [0.2, 0.25) is 0 Å². The van der Waals surface area contributed by atoms with Gasteiger partial charge >= 0.3 is 13.3 Å². The van der Waals surface area contributed by atoms with E-state index >= 15 is 0 Å². The smallest absolute Gasteiger partial charge is 0.457 e. The highest BCUT2D eigenvalue weighted by Gasteiger charge is 2.51. The summed E-state index contributed by atoms with van der Waals surface area (Å²) in [6.45, 7) is 9.81. The fourth-order valence-electron chi connectivity index (χ4n) is 2.80. The average molecular weight is 378 g/mol. The van der Waals surface area contributed by atoms with Gasteiger partial charge in [-0.1, -0.05) is 6.07 Å². The minimum absolute atomic E-state index is 0.327. The maximum absolute atomic E-state index is 12.7. The molecule has 0 atom stereocenters. The summed E-state index contributed by atoms with van der Waals surface area (Å²) in [6.07, 6.45) is -4.37. The summed E-state index contributed by atoms with van der Waals surface area (Å²) in [4.78, 5) is 0. The maximum atomic E-state index is 12.7. The first kappa shape index (κ1) is 19.8. The Bertz CT molecular complexity index is 813. The van der Waals surface area contributed by atoms with Crippen LogP contribution < -0.4 is 10.2 Å². The Kier molecular flexibility index (Phi) is 4.81. The molecule has 0 aromatic heterocycles. The lowest BCUT2D eigenvalue weighted by Crippen LogP contribution is -2.41. The third-order valence-electron chi connectivity index (χ3n) is 5.02. The molecule has 144 valence electrons. The lowest BCUT2D eigenvalue weighted by Gasteiger charge is -2.32. The summed E-state index contributed by atoms with van der Waals surface area (Å²) in [5.74, 6) is 0.841. The molecular weight excluding hydrogens is 356 g/mol. The van der Waals surface area contributed by atoms with Crippen molar-refractivity contribution in [1.82, 2.24) is 0 Å². The second-order valence-corrected chi connectivity index (χ2v) is 7.79. The zero-order valence-corrected chi connectivity index (χ0v) is 16.0. The fraction of sp³-hybridized carbons (Fsp3) is 0.400. The molecule has 0 saturated carbocycles. The summed E-state index contributed by atoms with van der Waals surface area (Å²) in [5.41, 5.74) is 0.0998. The first-order valence-corrected chi connectivity index (χ1v) is 8.70. The molecule has 3 nitrogen and oxygen atoms in total. The van der Waals surface area contributed by atoms with E-state index in [1.165, 1.54) is 12.1 Å². The Labute approximate surface area is 157 Å². The van der Waals surface area contributed by atoms with Crippen LogP contribution in [0.5, 0.6) is 11.5 Å². The molecule has 1 fully saturated rings. The molecule has 1 aliphatic rings. The number of ether oxygens (including phenoxy) is 1. The molecule has 0 amide bonds. The van der Waals surface area contributed by atoms with Gasteiger partial charge in [0, 0.05) is 0 Å². The van der Waals surface area contributed by atoms with E-state index in [0.29, 0.717) is 11.5 Å². The second-order valence-electron chi connectivity index (χ2n) is 7.79. The maximum Gasteiger partial charge on any atom is 0.494 e. The summed E-state index contributed by atoms with van der Waals surface area (Å²) >= 11 is 0. The molecule has 3 rings (SSSR count). The zero-order chi connectivity index (χ0) is 20.0. The molecule has 1 saturated heterocycles. The molecule has 0 bridgehead atoms. The number of hydrogen-bond acceptors (Lipinski definition) is 3. The van der Waals surface area contributed by atoms with Crippen LogP contribution in [-0.4, -0.2) is 18.3 Å². The second kappa shape index (κ2) is 6.57. The van der Waals surface area contributed by atoms with Crippen molar-refractivity contribution in [3.63, 3.8) is 0 Å². The predicted octanol–water partition coefficient (Wildman–Crippen LogP) is 5.11. The van der Waals surface area contributed by atoms with Crippen LogP contribution in [0, 0.1) is 6.92 Å². The average Bonchev–Trinajstić information content (AvgIpc) is 2.74. The molecule has 1 aliphatic heterocycles. The Morgan fingerprint density at radius 1 is 0.852 bits per heavy atom.